The van der Waals surface area contributed by atoms with E-state index in [9.17, 15) is 0 Å². The summed E-state index contributed by atoms with van der Waals surface area (Å²) in [5.74, 6) is 0. The Bertz CT molecular complexity index is 535. The summed E-state index contributed by atoms with van der Waals surface area (Å²) in [7, 11) is 0. The number of ether oxygens (including phenoxy) is 2. The van der Waals surface area contributed by atoms with E-state index < -0.39 is 0 Å². The Hall–Kier alpha value is 0.380. The van der Waals surface area contributed by atoms with Crippen molar-refractivity contribution in [2.45, 2.75) is 55.7 Å². The lowest BCUT2D eigenvalue weighted by atomic mass is 10.0. The Morgan fingerprint density at radius 3 is 1.54 bits per heavy atom. The highest BCUT2D eigenvalue weighted by Gasteiger charge is 2.27. The maximum atomic E-state index is 5.43. The van der Waals surface area contributed by atoms with Gasteiger partial charge < -0.3 is 30.7 Å². The minimum atomic E-state index is -0.101. The summed E-state index contributed by atoms with van der Waals surface area (Å²) < 4.78 is 10.7. The second-order valence-corrected chi connectivity index (χ2v) is 13.3. The minimum absolute atomic E-state index is 0.0968. The molecule has 2 unspecified atom stereocenters. The number of nitrogens with one attached hydrogen (secondary N) is 4. The molecule has 2 atom stereocenters. The van der Waals surface area contributed by atoms with E-state index >= 15 is 0 Å². The highest BCUT2D eigenvalue weighted by atomic mass is 32.1. The molecule has 0 aliphatic carbocycles. The lowest BCUT2D eigenvalue weighted by Gasteiger charge is -2.34. The molecule has 2 saturated heterocycles. The molecule has 35 heavy (non-hydrogen) atoms. The predicted octanol–water partition coefficient (Wildman–Crippen LogP) is 0.553. The van der Waals surface area contributed by atoms with Gasteiger partial charge >= 0.3 is 0 Å². The van der Waals surface area contributed by atoms with E-state index in [4.69, 9.17) is 34.7 Å². The molecule has 8 nitrogen and oxygen atoms in total. The van der Waals surface area contributed by atoms with Crippen LogP contribution in [-0.4, -0.2) is 136 Å². The molecule has 10 heteroatoms. The molecule has 2 aliphatic rings. The standard InChI is InChI=1S/C25H54N6O2S2/c1-24(2,34)22(20-26-6-5-10-30-12-16-32-17-13-30)28-7-8-29-23(25(3,4)35)21-27-9-11-31-14-18-33-19-15-31/h22-23,26-29,34-35H,5-21H2,1-4H3. The predicted molar refractivity (Wildman–Crippen MR) is 155 cm³/mol. The number of thiol groups is 2. The summed E-state index contributed by atoms with van der Waals surface area (Å²) in [6.45, 7) is 24.3. The van der Waals surface area contributed by atoms with Gasteiger partial charge in [-0.15, -0.1) is 0 Å². The van der Waals surface area contributed by atoms with Crippen molar-refractivity contribution in [3.63, 3.8) is 0 Å². The third-order valence-electron chi connectivity index (χ3n) is 6.95. The SMILES string of the molecule is CC(C)(S)C(CNCCCN1CCOCC1)NCCNC(CNCCN1CCOCC1)C(C)(C)S. The molecule has 208 valence electrons. The maximum Gasteiger partial charge on any atom is 0.0594 e. The van der Waals surface area contributed by atoms with E-state index in [1.54, 1.807) is 0 Å². The summed E-state index contributed by atoms with van der Waals surface area (Å²) in [5, 5.41) is 14.7. The number of hydrogen-bond donors (Lipinski definition) is 6. The van der Waals surface area contributed by atoms with Crippen molar-refractivity contribution >= 4 is 25.3 Å². The monoisotopic (exact) mass is 534 g/mol. The first-order chi connectivity index (χ1) is 16.7. The van der Waals surface area contributed by atoms with Crippen molar-refractivity contribution in [1.82, 2.24) is 31.1 Å². The molecule has 2 aliphatic heterocycles. The van der Waals surface area contributed by atoms with Crippen molar-refractivity contribution in [3.8, 4) is 0 Å². The first kappa shape index (κ1) is 31.6. The molecule has 2 rings (SSSR count). The topological polar surface area (TPSA) is 73.1 Å². The summed E-state index contributed by atoms with van der Waals surface area (Å²) in [5.41, 5.74) is 0. The molecular formula is C25H54N6O2S2. The molecule has 0 radical (unpaired) electrons. The van der Waals surface area contributed by atoms with Gasteiger partial charge in [-0.1, -0.05) is 0 Å². The summed E-state index contributed by atoms with van der Waals surface area (Å²) in [4.78, 5) is 4.96. The Balaban J connectivity index is 1.61. The van der Waals surface area contributed by atoms with Crippen molar-refractivity contribution in [1.29, 1.82) is 0 Å². The van der Waals surface area contributed by atoms with Gasteiger partial charge in [-0.2, -0.15) is 25.3 Å². The molecule has 4 N–H and O–H groups in total. The van der Waals surface area contributed by atoms with Crippen LogP contribution in [0.4, 0.5) is 0 Å². The van der Waals surface area contributed by atoms with Crippen molar-refractivity contribution in [3.05, 3.63) is 0 Å². The van der Waals surface area contributed by atoms with Gasteiger partial charge in [0.1, 0.15) is 0 Å². The van der Waals surface area contributed by atoms with Gasteiger partial charge in [0.25, 0.3) is 0 Å². The quantitative estimate of drug-likeness (QED) is 0.113. The first-order valence-corrected chi connectivity index (χ1v) is 14.5. The van der Waals surface area contributed by atoms with Gasteiger partial charge in [0.2, 0.25) is 0 Å². The van der Waals surface area contributed by atoms with Crippen molar-refractivity contribution in [2.75, 3.05) is 105 Å². The molecule has 2 heterocycles. The smallest absolute Gasteiger partial charge is 0.0594 e. The average Bonchev–Trinajstić information content (AvgIpc) is 2.81. The van der Waals surface area contributed by atoms with Crippen LogP contribution in [-0.2, 0) is 9.47 Å². The van der Waals surface area contributed by atoms with Gasteiger partial charge in [-0.3, -0.25) is 9.80 Å². The third-order valence-corrected chi connectivity index (χ3v) is 7.57. The number of hydrogen-bond acceptors (Lipinski definition) is 10. The number of morpholine rings is 2. The summed E-state index contributed by atoms with van der Waals surface area (Å²) >= 11 is 9.73. The van der Waals surface area contributed by atoms with Crippen LogP contribution in [0.15, 0.2) is 0 Å². The lowest BCUT2D eigenvalue weighted by Crippen LogP contribution is -2.55. The zero-order valence-corrected chi connectivity index (χ0v) is 24.6. The van der Waals surface area contributed by atoms with Crippen LogP contribution < -0.4 is 21.3 Å². The Morgan fingerprint density at radius 1 is 0.657 bits per heavy atom. The maximum absolute atomic E-state index is 5.43. The van der Waals surface area contributed by atoms with Crippen LogP contribution in [0, 0.1) is 0 Å². The molecule has 0 aromatic carbocycles. The summed E-state index contributed by atoms with van der Waals surface area (Å²) in [6, 6.07) is 0.586. The lowest BCUT2D eigenvalue weighted by molar-refractivity contribution is 0.0374. The van der Waals surface area contributed by atoms with Crippen LogP contribution in [0.3, 0.4) is 0 Å². The zero-order valence-electron chi connectivity index (χ0n) is 22.8. The van der Waals surface area contributed by atoms with Crippen LogP contribution >= 0.6 is 25.3 Å². The summed E-state index contributed by atoms with van der Waals surface area (Å²) in [6.07, 6.45) is 1.17. The fourth-order valence-corrected chi connectivity index (χ4v) is 4.81. The van der Waals surface area contributed by atoms with Crippen molar-refractivity contribution in [2.24, 2.45) is 0 Å². The van der Waals surface area contributed by atoms with Crippen LogP contribution in [0.2, 0.25) is 0 Å². The van der Waals surface area contributed by atoms with Gasteiger partial charge in [0.05, 0.1) is 26.4 Å². The Labute approximate surface area is 226 Å². The molecular weight excluding hydrogens is 480 g/mol. The van der Waals surface area contributed by atoms with Gasteiger partial charge in [-0.05, 0) is 47.2 Å². The molecule has 0 saturated carbocycles. The fourth-order valence-electron chi connectivity index (χ4n) is 4.44. The number of rotatable bonds is 18. The largest absolute Gasteiger partial charge is 0.379 e. The molecule has 0 spiro atoms. The number of nitrogens with zero attached hydrogens (tertiary/aromatic N) is 2. The van der Waals surface area contributed by atoms with E-state index in [1.165, 1.54) is 6.42 Å². The molecule has 2 fully saturated rings. The second kappa shape index (κ2) is 17.1. The first-order valence-electron chi connectivity index (χ1n) is 13.6. The third kappa shape index (κ3) is 14.2. The fraction of sp³-hybridized carbons (Fsp3) is 1.00. The van der Waals surface area contributed by atoms with Crippen LogP contribution in [0.1, 0.15) is 34.1 Å². The van der Waals surface area contributed by atoms with Crippen LogP contribution in [0.5, 0.6) is 0 Å². The molecule has 0 aromatic heterocycles. The van der Waals surface area contributed by atoms with E-state index in [1.807, 2.05) is 0 Å². The molecule has 0 amide bonds. The van der Waals surface area contributed by atoms with Gasteiger partial charge in [0, 0.05) is 87.0 Å². The van der Waals surface area contributed by atoms with E-state index in [2.05, 4.69) is 58.8 Å². The highest BCUT2D eigenvalue weighted by Crippen LogP contribution is 2.18. The highest BCUT2D eigenvalue weighted by molar-refractivity contribution is 7.82. The van der Waals surface area contributed by atoms with Crippen molar-refractivity contribution < 1.29 is 9.47 Å². The second-order valence-electron chi connectivity index (χ2n) is 11.0. The molecule has 0 aromatic rings. The average molecular weight is 535 g/mol. The van der Waals surface area contributed by atoms with E-state index in [-0.39, 0.29) is 15.5 Å². The normalized spacial score (nSPS) is 20.7. The van der Waals surface area contributed by atoms with Gasteiger partial charge in [0.15, 0.2) is 0 Å². The Kier molecular flexibility index (Phi) is 15.4. The zero-order chi connectivity index (χ0) is 25.6. The van der Waals surface area contributed by atoms with E-state index in [0.717, 1.165) is 105 Å². The van der Waals surface area contributed by atoms with Crippen LogP contribution in [0.25, 0.3) is 0 Å². The minimum Gasteiger partial charge on any atom is -0.379 e. The van der Waals surface area contributed by atoms with Gasteiger partial charge in [-0.25, -0.2) is 0 Å². The Morgan fingerprint density at radius 2 is 1.09 bits per heavy atom. The van der Waals surface area contributed by atoms with E-state index in [0.29, 0.717) is 6.04 Å². The molecule has 0 bridgehead atoms.